The predicted octanol–water partition coefficient (Wildman–Crippen LogP) is 2.09. The molecule has 0 radical (unpaired) electrons. The van der Waals surface area contributed by atoms with E-state index in [-0.39, 0.29) is 11.2 Å². The quantitative estimate of drug-likeness (QED) is 0.550. The molecule has 0 atom stereocenters. The second kappa shape index (κ2) is 9.06. The molecule has 2 fully saturated rings. The summed E-state index contributed by atoms with van der Waals surface area (Å²) >= 11 is 0. The van der Waals surface area contributed by atoms with Crippen molar-refractivity contribution in [1.29, 1.82) is 0 Å². The lowest BCUT2D eigenvalue weighted by Crippen LogP contribution is -2.42. The Balaban J connectivity index is 1.62. The van der Waals surface area contributed by atoms with Crippen molar-refractivity contribution < 1.29 is 8.42 Å². The van der Waals surface area contributed by atoms with Crippen LogP contribution in [0.2, 0.25) is 0 Å². The summed E-state index contributed by atoms with van der Waals surface area (Å²) in [5, 5.41) is 6.60. The summed E-state index contributed by atoms with van der Waals surface area (Å²) in [5.41, 5.74) is 1.51. The number of nitrogens with zero attached hydrogens (tertiary/aromatic N) is 2. The van der Waals surface area contributed by atoms with Gasteiger partial charge in [-0.15, -0.1) is 0 Å². The Bertz CT molecular complexity index is 728. The molecule has 0 spiro atoms. The predicted molar refractivity (Wildman–Crippen MR) is 111 cm³/mol. The minimum atomic E-state index is -3.04. The number of rotatable bonds is 7. The van der Waals surface area contributed by atoms with E-state index in [1.165, 1.54) is 31.2 Å². The highest BCUT2D eigenvalue weighted by Crippen LogP contribution is 2.41. The Morgan fingerprint density at radius 2 is 1.89 bits per heavy atom. The monoisotopic (exact) mass is 392 g/mol. The van der Waals surface area contributed by atoms with E-state index < -0.39 is 10.0 Å². The Kier molecular flexibility index (Phi) is 6.76. The van der Waals surface area contributed by atoms with Gasteiger partial charge in [0, 0.05) is 31.6 Å². The third-order valence-electron chi connectivity index (χ3n) is 5.69. The van der Waals surface area contributed by atoms with Crippen molar-refractivity contribution in [2.45, 2.75) is 44.4 Å². The van der Waals surface area contributed by atoms with Crippen LogP contribution >= 0.6 is 0 Å². The molecule has 1 aromatic rings. The number of aliphatic imine (C=N–C) groups is 1. The number of benzene rings is 1. The van der Waals surface area contributed by atoms with Crippen LogP contribution < -0.4 is 10.6 Å². The van der Waals surface area contributed by atoms with Crippen molar-refractivity contribution >= 4 is 16.0 Å². The molecule has 1 heterocycles. The van der Waals surface area contributed by atoms with Crippen molar-refractivity contribution in [3.63, 3.8) is 0 Å². The summed E-state index contributed by atoms with van der Waals surface area (Å²) < 4.78 is 25.4. The van der Waals surface area contributed by atoms with Gasteiger partial charge in [0.05, 0.1) is 12.3 Å². The average molecular weight is 393 g/mol. The van der Waals surface area contributed by atoms with Crippen LogP contribution in [0.4, 0.5) is 0 Å². The summed E-state index contributed by atoms with van der Waals surface area (Å²) in [6.45, 7) is 5.29. The third kappa shape index (κ3) is 5.02. The molecule has 1 saturated carbocycles. The lowest BCUT2D eigenvalue weighted by molar-refractivity contribution is 0.442. The average Bonchev–Trinajstić information content (AvgIpc) is 3.28. The molecule has 6 nitrogen and oxygen atoms in total. The van der Waals surface area contributed by atoms with Crippen molar-refractivity contribution in [2.75, 3.05) is 38.5 Å². The molecule has 2 N–H and O–H groups in total. The zero-order valence-electron chi connectivity index (χ0n) is 16.3. The molecule has 27 heavy (non-hydrogen) atoms. The van der Waals surface area contributed by atoms with Crippen LogP contribution in [0.1, 0.15) is 44.6 Å². The number of nitrogens with one attached hydrogen (secondary N) is 2. The molecule has 3 rings (SSSR count). The molecular formula is C20H32N4O2S. The van der Waals surface area contributed by atoms with Gasteiger partial charge in [0.1, 0.15) is 0 Å². The minimum Gasteiger partial charge on any atom is -0.357 e. The van der Waals surface area contributed by atoms with Crippen molar-refractivity contribution in [2.24, 2.45) is 4.99 Å². The normalized spacial score (nSPS) is 22.0. The highest BCUT2D eigenvalue weighted by Gasteiger charge is 2.35. The van der Waals surface area contributed by atoms with E-state index in [1.807, 2.05) is 6.92 Å². The molecule has 1 aliphatic carbocycles. The van der Waals surface area contributed by atoms with Crippen molar-refractivity contribution in [3.05, 3.63) is 35.9 Å². The highest BCUT2D eigenvalue weighted by molar-refractivity contribution is 7.89. The van der Waals surface area contributed by atoms with Gasteiger partial charge in [-0.25, -0.2) is 12.7 Å². The Labute approximate surface area is 163 Å². The van der Waals surface area contributed by atoms with Crippen LogP contribution in [0.5, 0.6) is 0 Å². The molecule has 0 amide bonds. The first-order chi connectivity index (χ1) is 13.1. The standard InChI is InChI=1S/C20H32N4O2S/c1-2-21-19(22-13-15-24-14-8-16-27(24,25)26)23-17-20(11-6-7-12-20)18-9-4-3-5-10-18/h3-5,9-10H,2,6-8,11-17H2,1H3,(H2,21,22,23). The van der Waals surface area contributed by atoms with E-state index in [9.17, 15) is 8.42 Å². The Morgan fingerprint density at radius 1 is 1.15 bits per heavy atom. The maximum atomic E-state index is 11.9. The molecule has 7 heteroatoms. The third-order valence-corrected chi connectivity index (χ3v) is 7.64. The van der Waals surface area contributed by atoms with Gasteiger partial charge >= 0.3 is 0 Å². The molecule has 1 saturated heterocycles. The van der Waals surface area contributed by atoms with Gasteiger partial charge in [-0.3, -0.25) is 4.99 Å². The highest BCUT2D eigenvalue weighted by atomic mass is 32.2. The van der Waals surface area contributed by atoms with E-state index in [2.05, 4.69) is 41.0 Å². The van der Waals surface area contributed by atoms with E-state index in [1.54, 1.807) is 4.31 Å². The summed E-state index contributed by atoms with van der Waals surface area (Å²) in [5.74, 6) is 1.05. The first-order valence-corrected chi connectivity index (χ1v) is 11.7. The Morgan fingerprint density at radius 3 is 2.52 bits per heavy atom. The molecule has 1 aromatic carbocycles. The second-order valence-electron chi connectivity index (χ2n) is 7.54. The fourth-order valence-electron chi connectivity index (χ4n) is 4.20. The molecule has 0 unspecified atom stereocenters. The number of hydrogen-bond acceptors (Lipinski definition) is 3. The van der Waals surface area contributed by atoms with Crippen LogP contribution in [0, 0.1) is 0 Å². The maximum absolute atomic E-state index is 11.9. The zero-order chi connectivity index (χ0) is 19.2. The second-order valence-corrected chi connectivity index (χ2v) is 9.63. The zero-order valence-corrected chi connectivity index (χ0v) is 17.1. The van der Waals surface area contributed by atoms with Gasteiger partial charge in [0.2, 0.25) is 10.0 Å². The smallest absolute Gasteiger partial charge is 0.214 e. The molecule has 1 aliphatic heterocycles. The maximum Gasteiger partial charge on any atom is 0.214 e. The van der Waals surface area contributed by atoms with Gasteiger partial charge in [-0.2, -0.15) is 0 Å². The molecular weight excluding hydrogens is 360 g/mol. The SMILES string of the molecule is CCNC(=NCC1(c2ccccc2)CCCC1)NCCN1CCCS1(=O)=O. The van der Waals surface area contributed by atoms with Gasteiger partial charge in [-0.05, 0) is 31.7 Å². The topological polar surface area (TPSA) is 73.8 Å². The van der Waals surface area contributed by atoms with Gasteiger partial charge < -0.3 is 10.6 Å². The van der Waals surface area contributed by atoms with E-state index in [4.69, 9.17) is 4.99 Å². The molecule has 150 valence electrons. The first-order valence-electron chi connectivity index (χ1n) is 10.1. The number of guanidine groups is 1. The summed E-state index contributed by atoms with van der Waals surface area (Å²) in [6, 6.07) is 10.7. The van der Waals surface area contributed by atoms with Gasteiger partial charge in [-0.1, -0.05) is 43.2 Å². The van der Waals surface area contributed by atoms with Crippen molar-refractivity contribution in [3.8, 4) is 0 Å². The van der Waals surface area contributed by atoms with Gasteiger partial charge in [0.25, 0.3) is 0 Å². The fraction of sp³-hybridized carbons (Fsp3) is 0.650. The number of sulfonamides is 1. The summed E-state index contributed by atoms with van der Waals surface area (Å²) in [4.78, 5) is 4.87. The molecule has 0 bridgehead atoms. The number of hydrogen-bond donors (Lipinski definition) is 2. The van der Waals surface area contributed by atoms with Gasteiger partial charge in [0.15, 0.2) is 5.96 Å². The lowest BCUT2D eigenvalue weighted by Gasteiger charge is -2.28. The van der Waals surface area contributed by atoms with Crippen LogP contribution in [0.3, 0.4) is 0 Å². The largest absolute Gasteiger partial charge is 0.357 e. The fourth-order valence-corrected chi connectivity index (χ4v) is 5.72. The van der Waals surface area contributed by atoms with Crippen LogP contribution in [0.25, 0.3) is 0 Å². The van der Waals surface area contributed by atoms with Crippen molar-refractivity contribution in [1.82, 2.24) is 14.9 Å². The van der Waals surface area contributed by atoms with Crippen LogP contribution in [-0.2, 0) is 15.4 Å². The van der Waals surface area contributed by atoms with Crippen LogP contribution in [-0.4, -0.2) is 57.2 Å². The minimum absolute atomic E-state index is 0.127. The Hall–Kier alpha value is -1.60. The molecule has 0 aromatic heterocycles. The van der Waals surface area contributed by atoms with E-state index >= 15 is 0 Å². The molecule has 2 aliphatic rings. The first kappa shape index (κ1) is 20.1. The lowest BCUT2D eigenvalue weighted by atomic mass is 9.79. The van der Waals surface area contributed by atoms with Crippen LogP contribution in [0.15, 0.2) is 35.3 Å². The summed E-state index contributed by atoms with van der Waals surface area (Å²) in [6.07, 6.45) is 5.58. The van der Waals surface area contributed by atoms with E-state index in [0.717, 1.165) is 25.5 Å². The summed E-state index contributed by atoms with van der Waals surface area (Å²) in [7, 11) is -3.04. The van der Waals surface area contributed by atoms with E-state index in [0.29, 0.717) is 19.6 Å².